The molecule has 0 aliphatic rings. The fourth-order valence-corrected chi connectivity index (χ4v) is 2.04. The molecule has 15 heavy (non-hydrogen) atoms. The van der Waals surface area contributed by atoms with Gasteiger partial charge in [-0.1, -0.05) is 40.2 Å². The fourth-order valence-electron chi connectivity index (χ4n) is 1.60. The molecule has 1 atom stereocenters. The molecule has 0 aromatic heterocycles. The van der Waals surface area contributed by atoms with Crippen molar-refractivity contribution in [2.75, 3.05) is 7.05 Å². The normalized spacial score (nSPS) is 12.4. The molecule has 0 aliphatic carbocycles. The van der Waals surface area contributed by atoms with Crippen molar-refractivity contribution >= 4 is 15.9 Å². The molecule has 0 heterocycles. The Bertz CT molecular complexity index is 309. The lowest BCUT2D eigenvalue weighted by molar-refractivity contribution is 0.524. The van der Waals surface area contributed by atoms with Gasteiger partial charge in [-0.15, -0.1) is 6.58 Å². The summed E-state index contributed by atoms with van der Waals surface area (Å²) in [6, 6.07) is 8.92. The molecule has 0 aliphatic heterocycles. The molecule has 1 aromatic carbocycles. The van der Waals surface area contributed by atoms with Gasteiger partial charge < -0.3 is 5.32 Å². The van der Waals surface area contributed by atoms with Crippen LogP contribution in [0, 0.1) is 0 Å². The number of rotatable bonds is 6. The number of halogens is 1. The molecule has 1 aromatic rings. The fraction of sp³-hybridized carbons (Fsp3) is 0.385. The maximum atomic E-state index is 3.75. The van der Waals surface area contributed by atoms with Crippen molar-refractivity contribution in [3.8, 4) is 0 Å². The third kappa shape index (κ3) is 4.18. The lowest BCUT2D eigenvalue weighted by atomic mass is 10.0. The van der Waals surface area contributed by atoms with E-state index >= 15 is 0 Å². The van der Waals surface area contributed by atoms with Crippen LogP contribution in [0.5, 0.6) is 0 Å². The molecule has 1 rings (SSSR count). The van der Waals surface area contributed by atoms with Crippen LogP contribution >= 0.6 is 15.9 Å². The highest BCUT2D eigenvalue weighted by molar-refractivity contribution is 9.10. The summed E-state index contributed by atoms with van der Waals surface area (Å²) in [4.78, 5) is 0. The molecular weight excluding hydrogens is 250 g/mol. The summed E-state index contributed by atoms with van der Waals surface area (Å²) in [5.74, 6) is 0. The monoisotopic (exact) mass is 267 g/mol. The molecule has 82 valence electrons. The van der Waals surface area contributed by atoms with Crippen LogP contribution in [0.25, 0.3) is 0 Å². The van der Waals surface area contributed by atoms with E-state index in [0.29, 0.717) is 6.04 Å². The van der Waals surface area contributed by atoms with Crippen molar-refractivity contribution in [2.45, 2.75) is 25.3 Å². The Morgan fingerprint density at radius 1 is 1.47 bits per heavy atom. The van der Waals surface area contributed by atoms with Crippen molar-refractivity contribution in [3.05, 3.63) is 47.0 Å². The molecule has 1 N–H and O–H groups in total. The van der Waals surface area contributed by atoms with Gasteiger partial charge in [0.25, 0.3) is 0 Å². The number of likely N-dealkylation sites (N-methyl/N-ethyl adjacent to an activating group) is 1. The van der Waals surface area contributed by atoms with E-state index in [4.69, 9.17) is 0 Å². The van der Waals surface area contributed by atoms with E-state index in [9.17, 15) is 0 Å². The molecule has 2 heteroatoms. The van der Waals surface area contributed by atoms with Crippen molar-refractivity contribution < 1.29 is 0 Å². The summed E-state index contributed by atoms with van der Waals surface area (Å²) in [6.45, 7) is 3.75. The van der Waals surface area contributed by atoms with Gasteiger partial charge in [-0.2, -0.15) is 0 Å². The maximum Gasteiger partial charge on any atom is 0.0207 e. The highest BCUT2D eigenvalue weighted by atomic mass is 79.9. The zero-order valence-corrected chi connectivity index (χ0v) is 10.8. The molecule has 1 unspecified atom stereocenters. The van der Waals surface area contributed by atoms with Crippen LogP contribution in [-0.4, -0.2) is 13.1 Å². The van der Waals surface area contributed by atoms with Gasteiger partial charge in [-0.25, -0.2) is 0 Å². The molecule has 0 amide bonds. The van der Waals surface area contributed by atoms with Crippen LogP contribution in [-0.2, 0) is 6.42 Å². The standard InChI is InChI=1S/C13H18BrN/c1-3-4-8-12(15-2)10-11-7-5-6-9-13(11)14/h3,5-7,9,12,15H,1,4,8,10H2,2H3. The van der Waals surface area contributed by atoms with Crippen LogP contribution in [0.1, 0.15) is 18.4 Å². The predicted molar refractivity (Wildman–Crippen MR) is 70.1 cm³/mol. The number of benzene rings is 1. The van der Waals surface area contributed by atoms with E-state index in [1.807, 2.05) is 19.2 Å². The zero-order valence-electron chi connectivity index (χ0n) is 9.17. The van der Waals surface area contributed by atoms with Gasteiger partial charge in [0.15, 0.2) is 0 Å². The van der Waals surface area contributed by atoms with Gasteiger partial charge in [0.1, 0.15) is 0 Å². The smallest absolute Gasteiger partial charge is 0.0207 e. The van der Waals surface area contributed by atoms with Crippen LogP contribution in [0.4, 0.5) is 0 Å². The average Bonchev–Trinajstić information content (AvgIpc) is 2.26. The highest BCUT2D eigenvalue weighted by Crippen LogP contribution is 2.18. The summed E-state index contributed by atoms with van der Waals surface area (Å²) >= 11 is 3.57. The Morgan fingerprint density at radius 2 is 2.20 bits per heavy atom. The van der Waals surface area contributed by atoms with Crippen molar-refractivity contribution in [1.82, 2.24) is 5.32 Å². The van der Waals surface area contributed by atoms with E-state index in [-0.39, 0.29) is 0 Å². The van der Waals surface area contributed by atoms with Gasteiger partial charge in [0.05, 0.1) is 0 Å². The quantitative estimate of drug-likeness (QED) is 0.778. The molecule has 1 nitrogen and oxygen atoms in total. The predicted octanol–water partition coefficient (Wildman–Crippen LogP) is 3.55. The molecule has 0 radical (unpaired) electrons. The third-order valence-electron chi connectivity index (χ3n) is 2.55. The Hall–Kier alpha value is -0.600. The maximum absolute atomic E-state index is 3.75. The summed E-state index contributed by atoms with van der Waals surface area (Å²) in [5, 5.41) is 3.34. The van der Waals surface area contributed by atoms with E-state index in [1.165, 1.54) is 10.0 Å². The Morgan fingerprint density at radius 3 is 2.80 bits per heavy atom. The molecule has 0 saturated heterocycles. The lowest BCUT2D eigenvalue weighted by Gasteiger charge is -2.16. The number of hydrogen-bond donors (Lipinski definition) is 1. The Kier molecular flexibility index (Phi) is 5.66. The summed E-state index contributed by atoms with van der Waals surface area (Å²) in [5.41, 5.74) is 1.36. The van der Waals surface area contributed by atoms with Gasteiger partial charge in [-0.3, -0.25) is 0 Å². The minimum Gasteiger partial charge on any atom is -0.317 e. The van der Waals surface area contributed by atoms with Gasteiger partial charge in [0, 0.05) is 10.5 Å². The summed E-state index contributed by atoms with van der Waals surface area (Å²) < 4.78 is 1.20. The number of allylic oxidation sites excluding steroid dienone is 1. The van der Waals surface area contributed by atoms with Crippen LogP contribution < -0.4 is 5.32 Å². The average molecular weight is 268 g/mol. The van der Waals surface area contributed by atoms with Gasteiger partial charge in [-0.05, 0) is 37.9 Å². The second-order valence-corrected chi connectivity index (χ2v) is 4.50. The first kappa shape index (κ1) is 12.5. The third-order valence-corrected chi connectivity index (χ3v) is 3.33. The molecule has 0 spiro atoms. The van der Waals surface area contributed by atoms with Crippen LogP contribution in [0.3, 0.4) is 0 Å². The first-order chi connectivity index (χ1) is 7.27. The van der Waals surface area contributed by atoms with Crippen molar-refractivity contribution in [3.63, 3.8) is 0 Å². The number of nitrogens with one attached hydrogen (secondary N) is 1. The second kappa shape index (κ2) is 6.81. The summed E-state index contributed by atoms with van der Waals surface area (Å²) in [7, 11) is 2.02. The Labute approximate surface area is 101 Å². The minimum absolute atomic E-state index is 0.529. The van der Waals surface area contributed by atoms with E-state index in [1.54, 1.807) is 0 Å². The number of hydrogen-bond acceptors (Lipinski definition) is 1. The second-order valence-electron chi connectivity index (χ2n) is 3.65. The van der Waals surface area contributed by atoms with Crippen LogP contribution in [0.15, 0.2) is 41.4 Å². The molecule has 0 bridgehead atoms. The molecule has 0 saturated carbocycles. The van der Waals surface area contributed by atoms with Gasteiger partial charge in [0.2, 0.25) is 0 Å². The van der Waals surface area contributed by atoms with E-state index in [0.717, 1.165) is 19.3 Å². The van der Waals surface area contributed by atoms with Crippen molar-refractivity contribution in [2.24, 2.45) is 0 Å². The van der Waals surface area contributed by atoms with E-state index < -0.39 is 0 Å². The highest BCUT2D eigenvalue weighted by Gasteiger charge is 2.07. The van der Waals surface area contributed by atoms with Gasteiger partial charge >= 0.3 is 0 Å². The minimum atomic E-state index is 0.529. The molecular formula is C13H18BrN. The van der Waals surface area contributed by atoms with Crippen LogP contribution in [0.2, 0.25) is 0 Å². The topological polar surface area (TPSA) is 12.0 Å². The Balaban J connectivity index is 2.58. The van der Waals surface area contributed by atoms with E-state index in [2.05, 4.69) is 46.0 Å². The SMILES string of the molecule is C=CCCC(Cc1ccccc1Br)NC. The largest absolute Gasteiger partial charge is 0.317 e. The zero-order chi connectivity index (χ0) is 11.1. The molecule has 0 fully saturated rings. The first-order valence-corrected chi connectivity index (χ1v) is 6.08. The summed E-state index contributed by atoms with van der Waals surface area (Å²) in [6.07, 6.45) is 5.24. The first-order valence-electron chi connectivity index (χ1n) is 5.29. The van der Waals surface area contributed by atoms with Crippen molar-refractivity contribution in [1.29, 1.82) is 0 Å². The lowest BCUT2D eigenvalue weighted by Crippen LogP contribution is -2.27.